The maximum atomic E-state index is 13.6. The highest BCUT2D eigenvalue weighted by Crippen LogP contribution is 2.44. The number of ether oxygens (including phenoxy) is 2. The van der Waals surface area contributed by atoms with E-state index in [9.17, 15) is 4.39 Å². The van der Waals surface area contributed by atoms with Gasteiger partial charge in [0.05, 0.1) is 11.7 Å². The Bertz CT molecular complexity index is 1170. The molecule has 5 heterocycles. The van der Waals surface area contributed by atoms with Crippen molar-refractivity contribution >= 4 is 5.57 Å². The molecule has 0 radical (unpaired) electrons. The van der Waals surface area contributed by atoms with Crippen LogP contribution in [0.15, 0.2) is 61.1 Å². The number of hydrogen-bond donors (Lipinski definition) is 1. The summed E-state index contributed by atoms with van der Waals surface area (Å²) in [5, 5.41) is 0. The Morgan fingerprint density at radius 3 is 2.62 bits per heavy atom. The van der Waals surface area contributed by atoms with E-state index < -0.39 is 5.79 Å². The number of hydrogen-bond acceptors (Lipinski definition) is 4. The summed E-state index contributed by atoms with van der Waals surface area (Å²) in [5.41, 5.74) is 6.63. The molecule has 1 aromatic carbocycles. The van der Waals surface area contributed by atoms with E-state index in [1.807, 2.05) is 50.5 Å². The Morgan fingerprint density at radius 1 is 1.06 bits per heavy atom. The third-order valence-electron chi connectivity index (χ3n) is 6.76. The molecular formula is C26H26FN3O2. The first kappa shape index (κ1) is 19.9. The first-order valence-electron chi connectivity index (χ1n) is 11.2. The van der Waals surface area contributed by atoms with Crippen molar-refractivity contribution < 1.29 is 13.9 Å². The summed E-state index contributed by atoms with van der Waals surface area (Å²) in [6.07, 6.45) is 9.19. The van der Waals surface area contributed by atoms with Gasteiger partial charge in [-0.15, -0.1) is 0 Å². The smallest absolute Gasteiger partial charge is 0.163 e. The summed E-state index contributed by atoms with van der Waals surface area (Å²) in [6, 6.07) is 10.9. The number of rotatable bonds is 3. The van der Waals surface area contributed by atoms with Crippen LogP contribution in [0.2, 0.25) is 0 Å². The Labute approximate surface area is 186 Å². The fraction of sp³-hybridized carbons (Fsp3) is 0.346. The van der Waals surface area contributed by atoms with Crippen LogP contribution in [0.1, 0.15) is 25.8 Å². The van der Waals surface area contributed by atoms with Crippen molar-refractivity contribution in [3.63, 3.8) is 0 Å². The Balaban J connectivity index is 1.44. The molecule has 0 saturated carbocycles. The highest BCUT2D eigenvalue weighted by molar-refractivity contribution is 5.91. The van der Waals surface area contributed by atoms with Crippen LogP contribution in [-0.4, -0.2) is 52.0 Å². The minimum Gasteiger partial charge on any atom is -0.360 e. The lowest BCUT2D eigenvalue weighted by Gasteiger charge is -2.32. The van der Waals surface area contributed by atoms with Crippen LogP contribution in [0, 0.1) is 5.82 Å². The van der Waals surface area contributed by atoms with Gasteiger partial charge in [0.25, 0.3) is 0 Å². The molecule has 0 aliphatic carbocycles. The predicted octanol–water partition coefficient (Wildman–Crippen LogP) is 4.87. The van der Waals surface area contributed by atoms with Crippen LogP contribution in [0.4, 0.5) is 4.39 Å². The first-order chi connectivity index (χ1) is 15.5. The largest absolute Gasteiger partial charge is 0.360 e. The van der Waals surface area contributed by atoms with E-state index >= 15 is 0 Å². The van der Waals surface area contributed by atoms with Crippen molar-refractivity contribution in [3.8, 4) is 22.4 Å². The maximum Gasteiger partial charge on any atom is 0.163 e. The van der Waals surface area contributed by atoms with Gasteiger partial charge >= 0.3 is 0 Å². The summed E-state index contributed by atoms with van der Waals surface area (Å²) >= 11 is 0. The van der Waals surface area contributed by atoms with Crippen LogP contribution in [0.5, 0.6) is 0 Å². The highest BCUT2D eigenvalue weighted by atomic mass is 19.1. The SMILES string of the molecule is CC1(C)OC2CN3CCC(c4c[nH]c(-c5ccc(F)cc5)c4-c4ccncc4)=C[C@H]3C2O1. The van der Waals surface area contributed by atoms with Crippen molar-refractivity contribution in [1.82, 2.24) is 14.9 Å². The highest BCUT2D eigenvalue weighted by Gasteiger charge is 2.52. The van der Waals surface area contributed by atoms with Gasteiger partial charge in [0.2, 0.25) is 0 Å². The zero-order valence-electron chi connectivity index (χ0n) is 18.2. The summed E-state index contributed by atoms with van der Waals surface area (Å²) in [5.74, 6) is -0.766. The minimum absolute atomic E-state index is 0.0557. The van der Waals surface area contributed by atoms with E-state index in [2.05, 4.69) is 27.1 Å². The number of fused-ring (bicyclic) bond motifs is 3. The van der Waals surface area contributed by atoms with E-state index in [1.54, 1.807) is 0 Å². The molecule has 3 aliphatic rings. The molecule has 3 aromatic rings. The topological polar surface area (TPSA) is 50.4 Å². The van der Waals surface area contributed by atoms with Gasteiger partial charge in [0.15, 0.2) is 5.79 Å². The van der Waals surface area contributed by atoms with Crippen LogP contribution < -0.4 is 0 Å². The second kappa shape index (κ2) is 7.37. The molecule has 0 spiro atoms. The summed E-state index contributed by atoms with van der Waals surface area (Å²) in [4.78, 5) is 10.1. The number of halogens is 1. The molecule has 3 aliphatic heterocycles. The molecule has 0 bridgehead atoms. The zero-order chi connectivity index (χ0) is 21.9. The Hall–Kier alpha value is -2.80. The lowest BCUT2D eigenvalue weighted by Crippen LogP contribution is -2.40. The average molecular weight is 432 g/mol. The lowest BCUT2D eigenvalue weighted by atomic mass is 9.90. The average Bonchev–Trinajstić information content (AvgIpc) is 3.44. The van der Waals surface area contributed by atoms with Crippen molar-refractivity contribution in [3.05, 3.63) is 72.4 Å². The van der Waals surface area contributed by atoms with Crippen molar-refractivity contribution in [2.45, 2.75) is 44.3 Å². The van der Waals surface area contributed by atoms with E-state index in [0.717, 1.165) is 41.9 Å². The number of aromatic amines is 1. The second-order valence-electron chi connectivity index (χ2n) is 9.26. The second-order valence-corrected chi connectivity index (χ2v) is 9.26. The normalized spacial score (nSPS) is 26.6. The summed E-state index contributed by atoms with van der Waals surface area (Å²) in [6.45, 7) is 5.87. The molecule has 6 rings (SSSR count). The third-order valence-corrected chi connectivity index (χ3v) is 6.76. The van der Waals surface area contributed by atoms with Crippen molar-refractivity contribution in [2.75, 3.05) is 13.1 Å². The number of pyridine rings is 1. The van der Waals surface area contributed by atoms with Gasteiger partial charge in [-0.05, 0) is 73.4 Å². The fourth-order valence-corrected chi connectivity index (χ4v) is 5.41. The van der Waals surface area contributed by atoms with Crippen molar-refractivity contribution in [2.24, 2.45) is 0 Å². The molecule has 32 heavy (non-hydrogen) atoms. The van der Waals surface area contributed by atoms with Crippen molar-refractivity contribution in [1.29, 1.82) is 0 Å². The third kappa shape index (κ3) is 3.30. The van der Waals surface area contributed by atoms with Gasteiger partial charge in [-0.3, -0.25) is 9.88 Å². The molecular weight excluding hydrogens is 405 g/mol. The quantitative estimate of drug-likeness (QED) is 0.643. The van der Waals surface area contributed by atoms with Gasteiger partial charge in [-0.2, -0.15) is 0 Å². The number of H-pyrrole nitrogens is 1. The molecule has 2 aromatic heterocycles. The van der Waals surface area contributed by atoms with Gasteiger partial charge in [-0.25, -0.2) is 4.39 Å². The molecule has 6 heteroatoms. The van der Waals surface area contributed by atoms with Gasteiger partial charge in [-0.1, -0.05) is 6.08 Å². The maximum absolute atomic E-state index is 13.6. The molecule has 2 saturated heterocycles. The lowest BCUT2D eigenvalue weighted by molar-refractivity contribution is -0.159. The van der Waals surface area contributed by atoms with Crippen LogP contribution >= 0.6 is 0 Å². The molecule has 5 nitrogen and oxygen atoms in total. The van der Waals surface area contributed by atoms with Gasteiger partial charge in [0.1, 0.15) is 18.0 Å². The number of nitrogens with one attached hydrogen (secondary N) is 1. The molecule has 0 amide bonds. The van der Waals surface area contributed by atoms with Crippen LogP contribution in [-0.2, 0) is 9.47 Å². The number of benzene rings is 1. The van der Waals surface area contributed by atoms with E-state index in [-0.39, 0.29) is 24.1 Å². The Morgan fingerprint density at radius 2 is 1.84 bits per heavy atom. The first-order valence-corrected chi connectivity index (χ1v) is 11.2. The predicted molar refractivity (Wildman–Crippen MR) is 121 cm³/mol. The molecule has 2 unspecified atom stereocenters. The molecule has 164 valence electrons. The molecule has 2 fully saturated rings. The molecule has 1 N–H and O–H groups in total. The number of aromatic nitrogens is 2. The standard InChI is InChI=1S/C26H26FN3O2/c1-26(2)31-22-15-30-12-9-18(13-21(30)25(22)32-26)20-14-29-24(17-3-5-19(27)6-4-17)23(20)16-7-10-28-11-8-16/h3-8,10-11,13-14,21-22,25,29H,9,12,15H2,1-2H3/t21-,22?,25?/m0/s1. The van der Waals surface area contributed by atoms with Gasteiger partial charge in [0, 0.05) is 42.8 Å². The van der Waals surface area contributed by atoms with E-state index in [0.29, 0.717) is 0 Å². The van der Waals surface area contributed by atoms with Gasteiger partial charge < -0.3 is 14.5 Å². The minimum atomic E-state index is -0.529. The monoisotopic (exact) mass is 431 g/mol. The summed E-state index contributed by atoms with van der Waals surface area (Å²) < 4.78 is 26.0. The number of nitrogens with zero attached hydrogens (tertiary/aromatic N) is 2. The van der Waals surface area contributed by atoms with Crippen LogP contribution in [0.3, 0.4) is 0 Å². The molecule has 3 atom stereocenters. The van der Waals surface area contributed by atoms with Crippen LogP contribution in [0.25, 0.3) is 28.0 Å². The summed E-state index contributed by atoms with van der Waals surface area (Å²) in [7, 11) is 0. The fourth-order valence-electron chi connectivity index (χ4n) is 5.41. The van der Waals surface area contributed by atoms with E-state index in [4.69, 9.17) is 9.47 Å². The Kier molecular flexibility index (Phi) is 4.57. The zero-order valence-corrected chi connectivity index (χ0v) is 18.2. The van der Waals surface area contributed by atoms with E-state index in [1.165, 1.54) is 23.3 Å².